The maximum Gasteiger partial charge on any atom is 0.0781 e. The molecule has 0 spiro atoms. The van der Waals surface area contributed by atoms with E-state index in [4.69, 9.17) is 34.8 Å². The molecule has 0 radical (unpaired) electrons. The molecule has 0 N–H and O–H groups in total. The average Bonchev–Trinajstić information content (AvgIpc) is 2.80. The molecule has 18 heavy (non-hydrogen) atoms. The molecule has 2 fully saturated rings. The summed E-state index contributed by atoms with van der Waals surface area (Å²) < 4.78 is 0. The molecule has 2 aliphatic heterocycles. The van der Waals surface area contributed by atoms with E-state index >= 15 is 0 Å². The number of piperidine rings is 1. The maximum atomic E-state index is 6.37. The van der Waals surface area contributed by atoms with Crippen LogP contribution in [0.15, 0.2) is 12.1 Å². The topological polar surface area (TPSA) is 3.24 Å². The van der Waals surface area contributed by atoms with E-state index in [2.05, 4.69) is 4.90 Å². The summed E-state index contributed by atoms with van der Waals surface area (Å²) in [7, 11) is 0. The van der Waals surface area contributed by atoms with Gasteiger partial charge in [-0.3, -0.25) is 4.90 Å². The van der Waals surface area contributed by atoms with Gasteiger partial charge in [0.1, 0.15) is 0 Å². The molecule has 0 aliphatic carbocycles. The Morgan fingerprint density at radius 2 is 1.78 bits per heavy atom. The highest BCUT2D eigenvalue weighted by molar-refractivity contribution is 6.48. The minimum absolute atomic E-state index is 0.428. The Kier molecular flexibility index (Phi) is 3.77. The molecular weight excluding hydrogens is 289 g/mol. The first-order chi connectivity index (χ1) is 8.68. The van der Waals surface area contributed by atoms with Gasteiger partial charge in [0, 0.05) is 12.1 Å². The zero-order valence-corrected chi connectivity index (χ0v) is 12.4. The summed E-state index contributed by atoms with van der Waals surface area (Å²) in [6.45, 7) is 1.19. The first kappa shape index (κ1) is 13.1. The number of nitrogens with zero attached hydrogens (tertiary/aromatic N) is 1. The number of benzene rings is 1. The van der Waals surface area contributed by atoms with E-state index in [1.54, 1.807) is 0 Å². The Morgan fingerprint density at radius 1 is 0.944 bits per heavy atom. The molecule has 1 nitrogen and oxygen atoms in total. The van der Waals surface area contributed by atoms with E-state index in [1.165, 1.54) is 38.6 Å². The quantitative estimate of drug-likeness (QED) is 0.633. The van der Waals surface area contributed by atoms with E-state index in [0.29, 0.717) is 21.1 Å². The molecule has 1 aromatic carbocycles. The predicted octanol–water partition coefficient (Wildman–Crippen LogP) is 5.34. The fraction of sp³-hybridized carbons (Fsp3) is 0.571. The number of rotatable bonds is 1. The molecule has 0 saturated carbocycles. The molecule has 0 aromatic heterocycles. The molecule has 2 atom stereocenters. The average molecular weight is 305 g/mol. The number of hydrogen-bond donors (Lipinski definition) is 0. The lowest BCUT2D eigenvalue weighted by atomic mass is 10.0. The summed E-state index contributed by atoms with van der Waals surface area (Å²) in [6.07, 6.45) is 6.45. The first-order valence-corrected chi connectivity index (χ1v) is 7.71. The predicted molar refractivity (Wildman–Crippen MR) is 77.8 cm³/mol. The van der Waals surface area contributed by atoms with Gasteiger partial charge in [-0.25, -0.2) is 0 Å². The van der Waals surface area contributed by atoms with E-state index in [0.717, 1.165) is 11.6 Å². The highest BCUT2D eigenvalue weighted by atomic mass is 35.5. The lowest BCUT2D eigenvalue weighted by molar-refractivity contribution is 0.150. The molecule has 98 valence electrons. The van der Waals surface area contributed by atoms with Crippen molar-refractivity contribution in [3.63, 3.8) is 0 Å². The van der Waals surface area contributed by atoms with Crippen molar-refractivity contribution in [1.29, 1.82) is 0 Å². The van der Waals surface area contributed by atoms with Crippen molar-refractivity contribution in [3.8, 4) is 0 Å². The smallest absolute Gasteiger partial charge is 0.0781 e. The summed E-state index contributed by atoms with van der Waals surface area (Å²) in [5, 5.41) is 1.68. The van der Waals surface area contributed by atoms with Gasteiger partial charge < -0.3 is 0 Å². The van der Waals surface area contributed by atoms with Crippen molar-refractivity contribution < 1.29 is 0 Å². The normalized spacial score (nSPS) is 28.4. The minimum atomic E-state index is 0.428. The molecule has 4 heteroatoms. The standard InChI is InChI=1S/C14H16Cl3N/c15-11-6-5-10(13(16)14(11)17)12-7-4-9-3-1-2-8-18(9)12/h5-6,9,12H,1-4,7-8H2. The molecule has 2 heterocycles. The third kappa shape index (κ3) is 2.16. The van der Waals surface area contributed by atoms with Gasteiger partial charge in [-0.2, -0.15) is 0 Å². The zero-order valence-electron chi connectivity index (χ0n) is 10.1. The summed E-state index contributed by atoms with van der Waals surface area (Å²) in [6, 6.07) is 5.08. The molecule has 2 aliphatic rings. The SMILES string of the molecule is Clc1ccc(C2CCC3CCCCN32)c(Cl)c1Cl. The highest BCUT2D eigenvalue weighted by Crippen LogP contribution is 2.45. The third-order valence-electron chi connectivity index (χ3n) is 4.27. The van der Waals surface area contributed by atoms with Gasteiger partial charge in [-0.1, -0.05) is 47.3 Å². The van der Waals surface area contributed by atoms with Crippen LogP contribution in [-0.4, -0.2) is 17.5 Å². The second-order valence-electron chi connectivity index (χ2n) is 5.25. The number of fused-ring (bicyclic) bond motifs is 1. The molecule has 1 aromatic rings. The Balaban J connectivity index is 1.93. The Hall–Kier alpha value is 0.0500. The molecule has 0 bridgehead atoms. The van der Waals surface area contributed by atoms with Crippen molar-refractivity contribution in [2.24, 2.45) is 0 Å². The molecular formula is C14H16Cl3N. The van der Waals surface area contributed by atoms with Gasteiger partial charge in [-0.05, 0) is 43.9 Å². The van der Waals surface area contributed by atoms with E-state index in [-0.39, 0.29) is 0 Å². The third-order valence-corrected chi connectivity index (χ3v) is 5.58. The maximum absolute atomic E-state index is 6.37. The molecule has 2 unspecified atom stereocenters. The largest absolute Gasteiger partial charge is 0.293 e. The van der Waals surface area contributed by atoms with Crippen LogP contribution >= 0.6 is 34.8 Å². The molecule has 0 amide bonds. The van der Waals surface area contributed by atoms with Gasteiger partial charge in [0.25, 0.3) is 0 Å². The summed E-state index contributed by atoms with van der Waals surface area (Å²) >= 11 is 18.5. The van der Waals surface area contributed by atoms with Crippen molar-refractivity contribution >= 4 is 34.8 Å². The fourth-order valence-electron chi connectivity index (χ4n) is 3.39. The molecule has 3 rings (SSSR count). The fourth-order valence-corrected chi connectivity index (χ4v) is 4.06. The van der Waals surface area contributed by atoms with E-state index in [9.17, 15) is 0 Å². The monoisotopic (exact) mass is 303 g/mol. The van der Waals surface area contributed by atoms with Crippen molar-refractivity contribution in [1.82, 2.24) is 4.90 Å². The second kappa shape index (κ2) is 5.20. The number of hydrogen-bond acceptors (Lipinski definition) is 1. The Labute approximate surface area is 123 Å². The van der Waals surface area contributed by atoms with Crippen LogP contribution in [0.1, 0.15) is 43.7 Å². The second-order valence-corrected chi connectivity index (χ2v) is 6.41. The zero-order chi connectivity index (χ0) is 12.7. The van der Waals surface area contributed by atoms with E-state index in [1.807, 2.05) is 12.1 Å². The van der Waals surface area contributed by atoms with Crippen molar-refractivity contribution in [2.45, 2.75) is 44.2 Å². The highest BCUT2D eigenvalue weighted by Gasteiger charge is 2.36. The van der Waals surface area contributed by atoms with Crippen LogP contribution in [0.5, 0.6) is 0 Å². The van der Waals surface area contributed by atoms with Gasteiger partial charge in [0.05, 0.1) is 15.1 Å². The van der Waals surface area contributed by atoms with Crippen LogP contribution in [0.2, 0.25) is 15.1 Å². The van der Waals surface area contributed by atoms with Crippen LogP contribution in [-0.2, 0) is 0 Å². The van der Waals surface area contributed by atoms with E-state index < -0.39 is 0 Å². The van der Waals surface area contributed by atoms with Gasteiger partial charge >= 0.3 is 0 Å². The van der Waals surface area contributed by atoms with Gasteiger partial charge in [0.2, 0.25) is 0 Å². The summed E-state index contributed by atoms with van der Waals surface area (Å²) in [4.78, 5) is 2.61. The number of halogens is 3. The lowest BCUT2D eigenvalue weighted by Crippen LogP contribution is -2.35. The van der Waals surface area contributed by atoms with Crippen molar-refractivity contribution in [3.05, 3.63) is 32.8 Å². The van der Waals surface area contributed by atoms with Crippen LogP contribution in [0.25, 0.3) is 0 Å². The first-order valence-electron chi connectivity index (χ1n) is 6.57. The summed E-state index contributed by atoms with van der Waals surface area (Å²) in [5.74, 6) is 0. The van der Waals surface area contributed by atoms with Crippen LogP contribution in [0.3, 0.4) is 0 Å². The summed E-state index contributed by atoms with van der Waals surface area (Å²) in [5.41, 5.74) is 1.15. The van der Waals surface area contributed by atoms with Crippen LogP contribution in [0, 0.1) is 0 Å². The van der Waals surface area contributed by atoms with Gasteiger partial charge in [0.15, 0.2) is 0 Å². The van der Waals surface area contributed by atoms with Crippen molar-refractivity contribution in [2.75, 3.05) is 6.54 Å². The lowest BCUT2D eigenvalue weighted by Gasteiger charge is -2.34. The Bertz CT molecular complexity index is 461. The minimum Gasteiger partial charge on any atom is -0.293 e. The Morgan fingerprint density at radius 3 is 2.61 bits per heavy atom. The van der Waals surface area contributed by atoms with Gasteiger partial charge in [-0.15, -0.1) is 0 Å². The molecule has 2 saturated heterocycles. The van der Waals surface area contributed by atoms with Crippen LogP contribution < -0.4 is 0 Å². The van der Waals surface area contributed by atoms with Crippen LogP contribution in [0.4, 0.5) is 0 Å².